The van der Waals surface area contributed by atoms with Crippen molar-refractivity contribution in [2.45, 2.75) is 377 Å². The third kappa shape index (κ3) is 30.2. The van der Waals surface area contributed by atoms with Crippen molar-refractivity contribution >= 4 is 19.8 Å². The van der Waals surface area contributed by atoms with Crippen molar-refractivity contribution in [2.75, 3.05) is 46.2 Å². The number of aliphatic hydroxyl groups is 20. The van der Waals surface area contributed by atoms with E-state index in [9.17, 15) is 121 Å². The maximum atomic E-state index is 14.5. The second kappa shape index (κ2) is 51.1. The fraction of sp³-hybridized carbons (Fsp3) is 0.918. The summed E-state index contributed by atoms with van der Waals surface area (Å²) in [4.78, 5) is 38.3. The minimum absolute atomic E-state index is 0.0217. The van der Waals surface area contributed by atoms with Crippen molar-refractivity contribution in [1.82, 2.24) is 0 Å². The lowest BCUT2D eigenvalue weighted by molar-refractivity contribution is -0.365. The largest absolute Gasteiger partial charge is 0.472 e. The van der Waals surface area contributed by atoms with Crippen LogP contribution in [0.3, 0.4) is 0 Å². The molecular formula is C73H129O38P. The highest BCUT2D eigenvalue weighted by Crippen LogP contribution is 2.49. The van der Waals surface area contributed by atoms with E-state index in [-0.39, 0.29) is 12.8 Å². The highest BCUT2D eigenvalue weighted by Gasteiger charge is 2.59. The first kappa shape index (κ1) is 98.2. The molecule has 21 N–H and O–H groups in total. The van der Waals surface area contributed by atoms with E-state index in [0.29, 0.717) is 19.3 Å². The third-order valence-electron chi connectivity index (χ3n) is 20.8. The highest BCUT2D eigenvalue weighted by molar-refractivity contribution is 7.47. The Morgan fingerprint density at radius 1 is 0.357 bits per heavy atom. The van der Waals surface area contributed by atoms with E-state index in [1.165, 1.54) is 51.4 Å². The van der Waals surface area contributed by atoms with E-state index in [0.717, 1.165) is 83.5 Å². The lowest BCUT2D eigenvalue weighted by atomic mass is 9.84. The van der Waals surface area contributed by atoms with Crippen molar-refractivity contribution in [2.24, 2.45) is 0 Å². The molecule has 0 spiro atoms. The van der Waals surface area contributed by atoms with E-state index in [2.05, 4.69) is 38.2 Å². The average Bonchev–Trinajstić information content (AvgIpc) is 0.759. The van der Waals surface area contributed by atoms with Gasteiger partial charge in [-0.25, -0.2) is 4.57 Å². The molecule has 5 aliphatic heterocycles. The molecule has 1 saturated carbocycles. The van der Waals surface area contributed by atoms with Gasteiger partial charge >= 0.3 is 19.8 Å². The van der Waals surface area contributed by atoms with Crippen LogP contribution in [0.1, 0.15) is 181 Å². The molecule has 0 aromatic rings. The molecule has 0 aromatic heterocycles. The number of unbranched alkanes of at least 4 members (excludes halogenated alkanes) is 20. The van der Waals surface area contributed by atoms with Gasteiger partial charge in [0.15, 0.2) is 37.6 Å². The summed E-state index contributed by atoms with van der Waals surface area (Å²) in [6.07, 6.45) is -34.4. The van der Waals surface area contributed by atoms with Gasteiger partial charge in [0.05, 0.1) is 39.6 Å². The van der Waals surface area contributed by atoms with E-state index in [1.54, 1.807) is 0 Å². The predicted molar refractivity (Wildman–Crippen MR) is 384 cm³/mol. The van der Waals surface area contributed by atoms with Crippen molar-refractivity contribution in [3.8, 4) is 0 Å². The van der Waals surface area contributed by atoms with E-state index >= 15 is 0 Å². The number of carbonyl (C=O) groups is 2. The minimum atomic E-state index is -5.86. The Bertz CT molecular complexity index is 2690. The molecule has 38 nitrogen and oxygen atoms in total. The molecule has 654 valence electrons. The van der Waals surface area contributed by atoms with Crippen LogP contribution in [0.15, 0.2) is 24.3 Å². The minimum Gasteiger partial charge on any atom is -0.462 e. The maximum absolute atomic E-state index is 14.5. The van der Waals surface area contributed by atoms with Gasteiger partial charge < -0.3 is 164 Å². The number of phosphoric ester groups is 1. The molecule has 0 bridgehead atoms. The Labute approximate surface area is 652 Å². The smallest absolute Gasteiger partial charge is 0.462 e. The summed E-state index contributed by atoms with van der Waals surface area (Å²) in [5.41, 5.74) is 0. The molecule has 6 aliphatic rings. The molecule has 112 heavy (non-hydrogen) atoms. The second-order valence-corrected chi connectivity index (χ2v) is 31.1. The van der Waals surface area contributed by atoms with Crippen LogP contribution in [0.2, 0.25) is 0 Å². The van der Waals surface area contributed by atoms with Crippen LogP contribution >= 0.6 is 7.82 Å². The molecular weight excluding hydrogens is 1520 g/mol. The standard InChI is InChI=1S/C73H129O38P/c1-3-5-7-9-11-13-15-17-18-20-21-23-25-27-29-31-46(76)98-35-40(103-47(77)32-30-28-26-24-22-19-16-14-12-10-8-6-4-2)36-102-112(96,97)111-68-66(109-72-64(94)54(84)49(79)42(34-75)105-72)59(89)58(88)60(90)67(68)110-73-65(95)57(87)52(82)45(108-73)39-101-71-63(93)56(86)51(81)44(107-71)38-100-70-62(92)55(85)50(80)43(106-70)37-99-69-61(91)53(83)48(78)41(33-74)104-69/h8,10,14,16,40-45,48-75,78-95H,3-7,9,11-13,15,17-39H2,1-2H3,(H,96,97)/b10-8-,16-14-/t40-,41?,42?,43?,44?,45?,48+,49-,50+,51+,52+,53?,54?,55?,56?,57?,58+,59?,60?,61+,62+,63+,64-,65+,66-,67?,68+,69-,70-,71-,72-,73+/m1/s1. The fourth-order valence-corrected chi connectivity index (χ4v) is 14.7. The second-order valence-electron chi connectivity index (χ2n) is 29.7. The number of esters is 2. The van der Waals surface area contributed by atoms with Crippen LogP contribution < -0.4 is 0 Å². The Morgan fingerprint density at radius 3 is 1.09 bits per heavy atom. The first-order chi connectivity index (χ1) is 53.5. The average molecular weight is 1650 g/mol. The van der Waals surface area contributed by atoms with Crippen molar-refractivity contribution in [3.05, 3.63) is 24.3 Å². The number of allylic oxidation sites excluding steroid dienone is 4. The Balaban J connectivity index is 1.13. The molecule has 1 aliphatic carbocycles. The summed E-state index contributed by atoms with van der Waals surface area (Å²) in [7, 11) is -5.86. The first-order valence-electron chi connectivity index (χ1n) is 39.7. The molecule has 0 aromatic carbocycles. The predicted octanol–water partition coefficient (Wildman–Crippen LogP) is -2.82. The first-order valence-corrected chi connectivity index (χ1v) is 41.2. The van der Waals surface area contributed by atoms with Crippen molar-refractivity contribution < 1.29 is 187 Å². The third-order valence-corrected chi connectivity index (χ3v) is 21.8. The lowest BCUT2D eigenvalue weighted by Gasteiger charge is -2.49. The van der Waals surface area contributed by atoms with E-state index in [4.69, 9.17) is 65.9 Å². The van der Waals surface area contributed by atoms with Crippen LogP contribution in [-0.4, -0.2) is 361 Å². The van der Waals surface area contributed by atoms with Gasteiger partial charge in [-0.1, -0.05) is 154 Å². The topological polar surface area (TPSA) is 605 Å². The quantitative estimate of drug-likeness (QED) is 0.0126. The van der Waals surface area contributed by atoms with Crippen molar-refractivity contribution in [3.63, 3.8) is 0 Å². The molecule has 6 fully saturated rings. The number of hydrogen-bond donors (Lipinski definition) is 21. The molecule has 5 saturated heterocycles. The number of aliphatic hydroxyl groups excluding tert-OH is 20. The van der Waals surface area contributed by atoms with Gasteiger partial charge in [0, 0.05) is 12.8 Å². The molecule has 5 heterocycles. The molecule has 39 heteroatoms. The van der Waals surface area contributed by atoms with Gasteiger partial charge in [-0.15, -0.1) is 0 Å². The fourth-order valence-electron chi connectivity index (χ4n) is 13.8. The maximum Gasteiger partial charge on any atom is 0.472 e. The van der Waals surface area contributed by atoms with Crippen LogP contribution in [0.4, 0.5) is 0 Å². The number of carbonyl (C=O) groups excluding carboxylic acids is 2. The molecule has 6 rings (SSSR count). The van der Waals surface area contributed by atoms with E-state index in [1.807, 2.05) is 0 Å². The van der Waals surface area contributed by atoms with Gasteiger partial charge in [0.25, 0.3) is 0 Å². The SMILES string of the molecule is CCC/C=C\C/C=C\CCCCCCCC(=O)O[C@H](COC(=O)CCCCCCCCCCCCCCCCC)COP(=O)(O)O[C@@H]1C(O[C@@H]2OC(CO[C@@H]3OC(CO[C@@H]4OC(CO[C@@H]5OC(CO)[C@H](O)C(O)[C@@H]5O)[C@H](O)C(O)[C@@H]4O)[C@H](O)C(O)[C@@H]3O)[C@H](O)C(O)[C@@H]2O)C(O)[C@@H](O)C(O)[C@H]1O[C@H]1OC(CO)[C@@H](O)C(O)[C@H]1O. The molecule has 0 radical (unpaired) electrons. The summed E-state index contributed by atoms with van der Waals surface area (Å²) in [6, 6.07) is 0. The molecule has 0 amide bonds. The number of rotatable bonds is 51. The number of phosphoric acid groups is 1. The highest BCUT2D eigenvalue weighted by atomic mass is 31.2. The zero-order valence-corrected chi connectivity index (χ0v) is 64.8. The normalized spacial score (nSPS) is 38.3. The summed E-state index contributed by atoms with van der Waals surface area (Å²) in [5.74, 6) is -1.49. The zero-order valence-electron chi connectivity index (χ0n) is 63.9. The Hall–Kier alpha value is -2.67. The van der Waals surface area contributed by atoms with Gasteiger partial charge in [-0.2, -0.15) is 0 Å². The van der Waals surface area contributed by atoms with Crippen LogP contribution in [0.25, 0.3) is 0 Å². The van der Waals surface area contributed by atoms with Gasteiger partial charge in [0.1, 0.15) is 165 Å². The monoisotopic (exact) mass is 1640 g/mol. The summed E-state index contributed by atoms with van der Waals surface area (Å²) in [5, 5.41) is 217. The van der Waals surface area contributed by atoms with Gasteiger partial charge in [-0.3, -0.25) is 18.6 Å². The molecule has 14 unspecified atom stereocenters. The van der Waals surface area contributed by atoms with Crippen LogP contribution in [0.5, 0.6) is 0 Å². The summed E-state index contributed by atoms with van der Waals surface area (Å²) >= 11 is 0. The van der Waals surface area contributed by atoms with Crippen LogP contribution in [0, 0.1) is 0 Å². The number of hydrogen-bond acceptors (Lipinski definition) is 37. The summed E-state index contributed by atoms with van der Waals surface area (Å²) in [6.45, 7) is -1.99. The lowest BCUT2D eigenvalue weighted by Crippen LogP contribution is -2.69. The number of ether oxygens (including phenoxy) is 12. The molecule has 33 atom stereocenters. The van der Waals surface area contributed by atoms with Gasteiger partial charge in [0.2, 0.25) is 0 Å². The Morgan fingerprint density at radius 2 is 0.688 bits per heavy atom. The van der Waals surface area contributed by atoms with Gasteiger partial charge in [-0.05, 0) is 38.5 Å². The summed E-state index contributed by atoms with van der Waals surface area (Å²) < 4.78 is 92.8. The van der Waals surface area contributed by atoms with Crippen LogP contribution in [-0.2, 0) is 80.0 Å². The van der Waals surface area contributed by atoms with Crippen molar-refractivity contribution in [1.29, 1.82) is 0 Å². The van der Waals surface area contributed by atoms with E-state index < -0.39 is 262 Å². The zero-order chi connectivity index (χ0) is 82.2. The Kier molecular flexibility index (Phi) is 44.8.